The molecule has 2 aliphatic rings. The number of carbonyl (C=O) groups excluding carboxylic acids is 1. The lowest BCUT2D eigenvalue weighted by molar-refractivity contribution is -0.139. The Morgan fingerprint density at radius 1 is 1.10 bits per heavy atom. The van der Waals surface area contributed by atoms with E-state index >= 15 is 0 Å². The molecule has 0 spiro atoms. The molecular weight excluding hydrogens is 368 g/mol. The first kappa shape index (κ1) is 21.6. The Kier molecular flexibility index (Phi) is 7.51. The molecule has 0 radical (unpaired) electrons. The number of aliphatic carboxylic acids is 1. The van der Waals surface area contributed by atoms with E-state index in [4.69, 9.17) is 0 Å². The van der Waals surface area contributed by atoms with Gasteiger partial charge in [-0.15, -0.1) is 0 Å². The van der Waals surface area contributed by atoms with E-state index in [-0.39, 0.29) is 17.5 Å². The highest BCUT2D eigenvalue weighted by Crippen LogP contribution is 2.27. The summed E-state index contributed by atoms with van der Waals surface area (Å²) in [6, 6.07) is 0.764. The van der Waals surface area contributed by atoms with E-state index in [0.717, 1.165) is 49.8 Å². The predicted octanol–water partition coefficient (Wildman–Crippen LogP) is 3.68. The molecule has 0 unspecified atom stereocenters. The molecule has 1 saturated carbocycles. The molecular formula is C23H34N2O4. The summed E-state index contributed by atoms with van der Waals surface area (Å²) < 4.78 is 1.87. The molecule has 1 fully saturated rings. The van der Waals surface area contributed by atoms with E-state index in [1.54, 1.807) is 13.0 Å². The number of pyridine rings is 1. The van der Waals surface area contributed by atoms with Gasteiger partial charge < -0.3 is 15.0 Å². The van der Waals surface area contributed by atoms with Crippen LogP contribution in [-0.4, -0.2) is 27.6 Å². The molecule has 2 N–H and O–H groups in total. The monoisotopic (exact) mass is 402 g/mol. The first-order valence-corrected chi connectivity index (χ1v) is 11.3. The molecule has 6 nitrogen and oxygen atoms in total. The Morgan fingerprint density at radius 3 is 2.41 bits per heavy atom. The third kappa shape index (κ3) is 5.28. The largest absolute Gasteiger partial charge is 0.480 e. The Bertz CT molecular complexity index is 793. The highest BCUT2D eigenvalue weighted by atomic mass is 16.4. The number of hydrogen-bond donors (Lipinski definition) is 2. The lowest BCUT2D eigenvalue weighted by Crippen LogP contribution is -2.43. The molecule has 0 bridgehead atoms. The molecule has 160 valence electrons. The van der Waals surface area contributed by atoms with E-state index in [1.165, 1.54) is 32.1 Å². The summed E-state index contributed by atoms with van der Waals surface area (Å²) in [5, 5.41) is 11.8. The topological polar surface area (TPSA) is 88.4 Å². The number of carboxylic acids is 1. The van der Waals surface area contributed by atoms with Gasteiger partial charge in [-0.05, 0) is 62.5 Å². The average molecular weight is 403 g/mol. The second-order valence-electron chi connectivity index (χ2n) is 8.64. The van der Waals surface area contributed by atoms with Crippen LogP contribution in [0, 0.1) is 5.92 Å². The van der Waals surface area contributed by atoms with E-state index in [0.29, 0.717) is 12.5 Å². The quantitative estimate of drug-likeness (QED) is 0.760. The Labute approximate surface area is 172 Å². The van der Waals surface area contributed by atoms with Crippen molar-refractivity contribution in [1.82, 2.24) is 9.88 Å². The van der Waals surface area contributed by atoms with E-state index < -0.39 is 17.9 Å². The summed E-state index contributed by atoms with van der Waals surface area (Å²) in [6.45, 7) is 2.39. The van der Waals surface area contributed by atoms with Crippen LogP contribution in [0.5, 0.6) is 0 Å². The molecule has 1 heterocycles. The second kappa shape index (κ2) is 10.1. The third-order valence-electron chi connectivity index (χ3n) is 6.52. The molecule has 29 heavy (non-hydrogen) atoms. The fraction of sp³-hybridized carbons (Fsp3) is 0.696. The maximum absolute atomic E-state index is 13.3. The molecule has 6 heteroatoms. The smallest absolute Gasteiger partial charge is 0.326 e. The Balaban J connectivity index is 1.98. The van der Waals surface area contributed by atoms with E-state index in [1.807, 2.05) is 4.57 Å². The van der Waals surface area contributed by atoms with Gasteiger partial charge in [-0.25, -0.2) is 4.79 Å². The van der Waals surface area contributed by atoms with Gasteiger partial charge in [0.2, 0.25) is 0 Å². The van der Waals surface area contributed by atoms with Crippen molar-refractivity contribution in [2.45, 2.75) is 96.6 Å². The molecule has 1 aromatic rings. The number of fused-ring (bicyclic) bond motifs is 1. The van der Waals surface area contributed by atoms with Crippen LogP contribution in [-0.2, 0) is 24.2 Å². The van der Waals surface area contributed by atoms with Gasteiger partial charge in [0.25, 0.3) is 11.5 Å². The van der Waals surface area contributed by atoms with Crippen molar-refractivity contribution in [2.24, 2.45) is 5.92 Å². The van der Waals surface area contributed by atoms with Crippen molar-refractivity contribution in [2.75, 3.05) is 0 Å². The molecule has 0 aliphatic heterocycles. The van der Waals surface area contributed by atoms with Crippen LogP contribution in [0.4, 0.5) is 0 Å². The SMILES string of the molecule is CC[C@H](NC(=O)c1cc2c(n(CC3CCCCC3)c1=O)CCCCCC2)C(=O)O. The number of carboxylic acid groups (broad SMARTS) is 1. The van der Waals surface area contributed by atoms with Gasteiger partial charge in [0, 0.05) is 12.2 Å². The van der Waals surface area contributed by atoms with Crippen LogP contribution in [0.15, 0.2) is 10.9 Å². The number of aryl methyl sites for hydroxylation is 1. The second-order valence-corrected chi connectivity index (χ2v) is 8.64. The number of hydrogen-bond acceptors (Lipinski definition) is 3. The average Bonchev–Trinajstić information content (AvgIpc) is 2.69. The lowest BCUT2D eigenvalue weighted by atomic mass is 9.88. The summed E-state index contributed by atoms with van der Waals surface area (Å²) in [4.78, 5) is 37.5. The minimum Gasteiger partial charge on any atom is -0.480 e. The van der Waals surface area contributed by atoms with Crippen molar-refractivity contribution in [1.29, 1.82) is 0 Å². The molecule has 1 aromatic heterocycles. The minimum absolute atomic E-state index is 0.0971. The highest BCUT2D eigenvalue weighted by molar-refractivity contribution is 5.96. The first-order valence-electron chi connectivity index (χ1n) is 11.3. The summed E-state index contributed by atoms with van der Waals surface area (Å²) in [5.41, 5.74) is 2.03. The van der Waals surface area contributed by atoms with Gasteiger partial charge in [-0.1, -0.05) is 39.0 Å². The number of nitrogens with one attached hydrogen (secondary N) is 1. The molecule has 1 atom stereocenters. The van der Waals surface area contributed by atoms with Crippen LogP contribution in [0.1, 0.15) is 92.7 Å². The fourth-order valence-corrected chi connectivity index (χ4v) is 4.79. The van der Waals surface area contributed by atoms with Gasteiger partial charge in [-0.2, -0.15) is 0 Å². The molecule has 0 aromatic carbocycles. The van der Waals surface area contributed by atoms with Crippen molar-refractivity contribution >= 4 is 11.9 Å². The standard InChI is InChI=1S/C23H34N2O4/c1-2-19(23(28)29)24-21(26)18-14-17-12-8-3-4-9-13-20(17)25(22(18)27)15-16-10-6-5-7-11-16/h14,16,19H,2-13,15H2,1H3,(H,24,26)(H,28,29)/t19-/m0/s1. The molecule has 3 rings (SSSR count). The molecule has 2 aliphatic carbocycles. The van der Waals surface area contributed by atoms with Crippen LogP contribution in [0.2, 0.25) is 0 Å². The van der Waals surface area contributed by atoms with Crippen LogP contribution in [0.25, 0.3) is 0 Å². The third-order valence-corrected chi connectivity index (χ3v) is 6.52. The summed E-state index contributed by atoms with van der Waals surface area (Å²) >= 11 is 0. The zero-order chi connectivity index (χ0) is 20.8. The maximum atomic E-state index is 13.3. The van der Waals surface area contributed by atoms with Gasteiger partial charge in [-0.3, -0.25) is 9.59 Å². The minimum atomic E-state index is -1.07. The van der Waals surface area contributed by atoms with Crippen molar-refractivity contribution < 1.29 is 14.7 Å². The number of rotatable bonds is 6. The number of aromatic nitrogens is 1. The van der Waals surface area contributed by atoms with Crippen LogP contribution >= 0.6 is 0 Å². The van der Waals surface area contributed by atoms with Crippen molar-refractivity contribution in [3.63, 3.8) is 0 Å². The molecule has 0 saturated heterocycles. The molecule has 1 amide bonds. The number of amides is 1. The maximum Gasteiger partial charge on any atom is 0.326 e. The zero-order valence-corrected chi connectivity index (χ0v) is 17.5. The summed E-state index contributed by atoms with van der Waals surface area (Å²) in [5.74, 6) is -1.15. The van der Waals surface area contributed by atoms with Gasteiger partial charge in [0.1, 0.15) is 11.6 Å². The van der Waals surface area contributed by atoms with Gasteiger partial charge in [0.15, 0.2) is 0 Å². The number of carbonyl (C=O) groups is 2. The van der Waals surface area contributed by atoms with E-state index in [9.17, 15) is 19.5 Å². The van der Waals surface area contributed by atoms with Crippen LogP contribution < -0.4 is 10.9 Å². The van der Waals surface area contributed by atoms with Gasteiger partial charge >= 0.3 is 5.97 Å². The highest BCUT2D eigenvalue weighted by Gasteiger charge is 2.25. The van der Waals surface area contributed by atoms with E-state index in [2.05, 4.69) is 5.32 Å². The predicted molar refractivity (Wildman–Crippen MR) is 112 cm³/mol. The first-order chi connectivity index (χ1) is 14.0. The van der Waals surface area contributed by atoms with Gasteiger partial charge in [0.05, 0.1) is 0 Å². The fourth-order valence-electron chi connectivity index (χ4n) is 4.79. The summed E-state index contributed by atoms with van der Waals surface area (Å²) in [6.07, 6.45) is 12.4. The Morgan fingerprint density at radius 2 is 1.76 bits per heavy atom. The zero-order valence-electron chi connectivity index (χ0n) is 17.5. The number of nitrogens with zero attached hydrogens (tertiary/aromatic N) is 1. The van der Waals surface area contributed by atoms with Crippen LogP contribution in [0.3, 0.4) is 0 Å². The normalized spacial score (nSPS) is 18.9. The summed E-state index contributed by atoms with van der Waals surface area (Å²) in [7, 11) is 0. The lowest BCUT2D eigenvalue weighted by Gasteiger charge is -2.27. The van der Waals surface area contributed by atoms with Crippen molar-refractivity contribution in [3.05, 3.63) is 33.2 Å². The Hall–Kier alpha value is -2.11. The van der Waals surface area contributed by atoms with Crippen molar-refractivity contribution in [3.8, 4) is 0 Å².